The summed E-state index contributed by atoms with van der Waals surface area (Å²) in [5.41, 5.74) is 6.19. The van der Waals surface area contributed by atoms with Gasteiger partial charge in [-0.15, -0.1) is 0 Å². The van der Waals surface area contributed by atoms with Gasteiger partial charge >= 0.3 is 0 Å². The number of nitrogens with two attached hydrogens (primary N) is 1. The lowest BCUT2D eigenvalue weighted by molar-refractivity contribution is 0.0901. The van der Waals surface area contributed by atoms with Crippen molar-refractivity contribution in [2.75, 3.05) is 6.54 Å². The van der Waals surface area contributed by atoms with E-state index in [-0.39, 0.29) is 11.4 Å². The highest BCUT2D eigenvalue weighted by Crippen LogP contribution is 2.29. The molecule has 1 heterocycles. The zero-order chi connectivity index (χ0) is 11.6. The molecule has 2 rings (SSSR count). The number of rotatable bonds is 3. The van der Waals surface area contributed by atoms with Gasteiger partial charge in [-0.3, -0.25) is 4.79 Å². The minimum atomic E-state index is -0.194. The van der Waals surface area contributed by atoms with E-state index in [1.54, 1.807) is 13.0 Å². The molecule has 1 aromatic rings. The summed E-state index contributed by atoms with van der Waals surface area (Å²) in [6.07, 6.45) is 5.77. The van der Waals surface area contributed by atoms with Gasteiger partial charge in [-0.25, -0.2) is 0 Å². The third kappa shape index (κ3) is 1.97. The van der Waals surface area contributed by atoms with Crippen molar-refractivity contribution in [2.24, 2.45) is 5.73 Å². The van der Waals surface area contributed by atoms with Crippen molar-refractivity contribution in [1.82, 2.24) is 5.32 Å². The van der Waals surface area contributed by atoms with E-state index in [1.807, 2.05) is 0 Å². The summed E-state index contributed by atoms with van der Waals surface area (Å²) in [6, 6.07) is 1.70. The molecule has 0 aromatic carbocycles. The lowest BCUT2D eigenvalue weighted by Gasteiger charge is -2.28. The molecule has 16 heavy (non-hydrogen) atoms. The number of amides is 1. The predicted octanol–water partition coefficient (Wildman–Crippen LogP) is 1.59. The fourth-order valence-electron chi connectivity index (χ4n) is 2.36. The van der Waals surface area contributed by atoms with Crippen molar-refractivity contribution in [3.8, 4) is 0 Å². The zero-order valence-electron chi connectivity index (χ0n) is 9.58. The predicted molar refractivity (Wildman–Crippen MR) is 61.2 cm³/mol. The molecule has 4 heteroatoms. The van der Waals surface area contributed by atoms with Gasteiger partial charge in [0.05, 0.1) is 17.4 Å². The van der Waals surface area contributed by atoms with Crippen molar-refractivity contribution < 1.29 is 9.21 Å². The molecule has 3 N–H and O–H groups in total. The molecule has 4 nitrogen and oxygen atoms in total. The Kier molecular flexibility index (Phi) is 3.01. The first-order valence-corrected chi connectivity index (χ1v) is 5.73. The molecule has 0 saturated heterocycles. The first-order chi connectivity index (χ1) is 7.67. The Hall–Kier alpha value is -1.29. The van der Waals surface area contributed by atoms with Crippen LogP contribution in [0.1, 0.15) is 41.8 Å². The monoisotopic (exact) mass is 222 g/mol. The molecule has 0 aliphatic heterocycles. The average molecular weight is 222 g/mol. The van der Waals surface area contributed by atoms with Crippen LogP contribution in [0.15, 0.2) is 16.7 Å². The Morgan fingerprint density at radius 2 is 2.25 bits per heavy atom. The molecule has 88 valence electrons. The van der Waals surface area contributed by atoms with Crippen molar-refractivity contribution in [2.45, 2.75) is 38.1 Å². The molecule has 0 unspecified atom stereocenters. The van der Waals surface area contributed by atoms with Crippen LogP contribution in [0.3, 0.4) is 0 Å². The van der Waals surface area contributed by atoms with Gasteiger partial charge in [0.2, 0.25) is 0 Å². The number of aryl methyl sites for hydroxylation is 1. The van der Waals surface area contributed by atoms with E-state index in [0.717, 1.165) is 25.7 Å². The van der Waals surface area contributed by atoms with Gasteiger partial charge in [0.1, 0.15) is 5.76 Å². The van der Waals surface area contributed by atoms with E-state index in [1.165, 1.54) is 6.26 Å². The van der Waals surface area contributed by atoms with Crippen LogP contribution in [0.5, 0.6) is 0 Å². The maximum Gasteiger partial charge on any atom is 0.255 e. The second-order valence-electron chi connectivity index (χ2n) is 4.54. The number of carbonyl (C=O) groups is 1. The molecule has 0 radical (unpaired) electrons. The highest BCUT2D eigenvalue weighted by molar-refractivity contribution is 5.95. The lowest BCUT2D eigenvalue weighted by Crippen LogP contribution is -2.51. The molecule has 1 amide bonds. The van der Waals surface area contributed by atoms with Crippen LogP contribution in [0.2, 0.25) is 0 Å². The third-order valence-corrected chi connectivity index (χ3v) is 3.43. The first kappa shape index (κ1) is 11.2. The van der Waals surface area contributed by atoms with Crippen molar-refractivity contribution in [3.05, 3.63) is 23.7 Å². The second kappa shape index (κ2) is 4.29. The van der Waals surface area contributed by atoms with Gasteiger partial charge in [-0.05, 0) is 25.8 Å². The van der Waals surface area contributed by atoms with Crippen LogP contribution >= 0.6 is 0 Å². The summed E-state index contributed by atoms with van der Waals surface area (Å²) in [5, 5.41) is 3.06. The van der Waals surface area contributed by atoms with E-state index in [0.29, 0.717) is 17.9 Å². The van der Waals surface area contributed by atoms with Gasteiger partial charge in [0.25, 0.3) is 5.91 Å². The van der Waals surface area contributed by atoms with E-state index in [4.69, 9.17) is 10.2 Å². The molecule has 1 fully saturated rings. The standard InChI is InChI=1S/C12H18N2O2/c1-9-10(4-7-16-9)11(15)14-12(8-13)5-2-3-6-12/h4,7H,2-3,5-6,8,13H2,1H3,(H,14,15). The number of furan rings is 1. The molecule has 0 atom stereocenters. The van der Waals surface area contributed by atoms with Crippen LogP contribution in [0, 0.1) is 6.92 Å². The highest BCUT2D eigenvalue weighted by Gasteiger charge is 2.34. The second-order valence-corrected chi connectivity index (χ2v) is 4.54. The SMILES string of the molecule is Cc1occc1C(=O)NC1(CN)CCCC1. The first-order valence-electron chi connectivity index (χ1n) is 5.73. The molecule has 0 spiro atoms. The summed E-state index contributed by atoms with van der Waals surface area (Å²) in [4.78, 5) is 12.0. The Morgan fingerprint density at radius 3 is 2.75 bits per heavy atom. The average Bonchev–Trinajstić information content (AvgIpc) is 2.87. The van der Waals surface area contributed by atoms with E-state index in [9.17, 15) is 4.79 Å². The summed E-state index contributed by atoms with van der Waals surface area (Å²) in [7, 11) is 0. The van der Waals surface area contributed by atoms with E-state index >= 15 is 0 Å². The summed E-state index contributed by atoms with van der Waals surface area (Å²) >= 11 is 0. The van der Waals surface area contributed by atoms with Gasteiger partial charge < -0.3 is 15.5 Å². The number of hydrogen-bond donors (Lipinski definition) is 2. The minimum Gasteiger partial charge on any atom is -0.469 e. The minimum absolute atomic E-state index is 0.0707. The molecule has 1 saturated carbocycles. The fraction of sp³-hybridized carbons (Fsp3) is 0.583. The van der Waals surface area contributed by atoms with Gasteiger partial charge in [0.15, 0.2) is 0 Å². The summed E-state index contributed by atoms with van der Waals surface area (Å²) < 4.78 is 5.12. The third-order valence-electron chi connectivity index (χ3n) is 3.43. The topological polar surface area (TPSA) is 68.3 Å². The highest BCUT2D eigenvalue weighted by atomic mass is 16.3. The Balaban J connectivity index is 2.09. The lowest BCUT2D eigenvalue weighted by atomic mass is 9.97. The normalized spacial score (nSPS) is 18.6. The van der Waals surface area contributed by atoms with Gasteiger partial charge in [-0.1, -0.05) is 12.8 Å². The summed E-state index contributed by atoms with van der Waals surface area (Å²) in [5.74, 6) is 0.585. The van der Waals surface area contributed by atoms with E-state index in [2.05, 4.69) is 5.32 Å². The van der Waals surface area contributed by atoms with Crippen LogP contribution < -0.4 is 11.1 Å². The van der Waals surface area contributed by atoms with Crippen LogP contribution in [0.4, 0.5) is 0 Å². The Morgan fingerprint density at radius 1 is 1.56 bits per heavy atom. The van der Waals surface area contributed by atoms with Crippen LogP contribution in [0.25, 0.3) is 0 Å². The Bertz CT molecular complexity index is 378. The Labute approximate surface area is 95.2 Å². The van der Waals surface area contributed by atoms with Gasteiger partial charge in [-0.2, -0.15) is 0 Å². The maximum atomic E-state index is 12.0. The zero-order valence-corrected chi connectivity index (χ0v) is 9.58. The van der Waals surface area contributed by atoms with E-state index < -0.39 is 0 Å². The smallest absolute Gasteiger partial charge is 0.255 e. The molecule has 0 bridgehead atoms. The number of carbonyl (C=O) groups excluding carboxylic acids is 1. The molecular formula is C12H18N2O2. The van der Waals surface area contributed by atoms with Crippen molar-refractivity contribution in [3.63, 3.8) is 0 Å². The largest absolute Gasteiger partial charge is 0.469 e. The quantitative estimate of drug-likeness (QED) is 0.816. The molecule has 1 aliphatic rings. The van der Waals surface area contributed by atoms with Gasteiger partial charge in [0, 0.05) is 6.54 Å². The van der Waals surface area contributed by atoms with Crippen LogP contribution in [-0.4, -0.2) is 18.0 Å². The molecule has 1 aromatic heterocycles. The molecule has 1 aliphatic carbocycles. The number of hydrogen-bond acceptors (Lipinski definition) is 3. The summed E-state index contributed by atoms with van der Waals surface area (Å²) in [6.45, 7) is 2.30. The van der Waals surface area contributed by atoms with Crippen molar-refractivity contribution in [1.29, 1.82) is 0 Å². The number of nitrogens with one attached hydrogen (secondary N) is 1. The maximum absolute atomic E-state index is 12.0. The fourth-order valence-corrected chi connectivity index (χ4v) is 2.36. The van der Waals surface area contributed by atoms with Crippen LogP contribution in [-0.2, 0) is 0 Å². The van der Waals surface area contributed by atoms with Crippen molar-refractivity contribution >= 4 is 5.91 Å². The molecular weight excluding hydrogens is 204 g/mol.